The highest BCUT2D eigenvalue weighted by molar-refractivity contribution is 5.78. The molecular formula is C15H19N3O2. The molecule has 0 aliphatic heterocycles. The summed E-state index contributed by atoms with van der Waals surface area (Å²) in [6.07, 6.45) is 1.55. The van der Waals surface area contributed by atoms with Crippen molar-refractivity contribution in [2.45, 2.75) is 26.4 Å². The van der Waals surface area contributed by atoms with Gasteiger partial charge in [-0.1, -0.05) is 25.1 Å². The van der Waals surface area contributed by atoms with Crippen LogP contribution < -0.4 is 11.1 Å². The Morgan fingerprint density at radius 2 is 2.05 bits per heavy atom. The first-order valence-corrected chi connectivity index (χ1v) is 6.61. The largest absolute Gasteiger partial charge is 0.444 e. The summed E-state index contributed by atoms with van der Waals surface area (Å²) in [7, 11) is 0. The van der Waals surface area contributed by atoms with Gasteiger partial charge in [0.15, 0.2) is 0 Å². The highest BCUT2D eigenvalue weighted by Gasteiger charge is 2.17. The summed E-state index contributed by atoms with van der Waals surface area (Å²) in [6.45, 7) is 3.96. The number of carbonyl (C=O) groups excluding carboxylic acids is 1. The quantitative estimate of drug-likeness (QED) is 0.872. The second kappa shape index (κ2) is 6.34. The molecule has 0 spiro atoms. The van der Waals surface area contributed by atoms with Crippen molar-refractivity contribution in [3.05, 3.63) is 42.3 Å². The molecule has 2 aromatic rings. The van der Waals surface area contributed by atoms with E-state index in [1.807, 2.05) is 37.3 Å². The zero-order valence-corrected chi connectivity index (χ0v) is 11.7. The Balaban J connectivity index is 1.96. The first-order valence-electron chi connectivity index (χ1n) is 6.61. The van der Waals surface area contributed by atoms with Crippen LogP contribution in [0.2, 0.25) is 0 Å². The van der Waals surface area contributed by atoms with Gasteiger partial charge in [0.2, 0.25) is 11.8 Å². The minimum absolute atomic E-state index is 0.0794. The van der Waals surface area contributed by atoms with Crippen molar-refractivity contribution in [2.24, 2.45) is 11.7 Å². The molecule has 2 rings (SSSR count). The Kier molecular flexibility index (Phi) is 4.53. The van der Waals surface area contributed by atoms with Gasteiger partial charge in [-0.2, -0.15) is 0 Å². The van der Waals surface area contributed by atoms with Crippen LogP contribution in [0.5, 0.6) is 0 Å². The van der Waals surface area contributed by atoms with Gasteiger partial charge in [0.1, 0.15) is 6.26 Å². The minimum atomic E-state index is -0.226. The maximum Gasteiger partial charge on any atom is 0.226 e. The van der Waals surface area contributed by atoms with E-state index in [1.165, 1.54) is 0 Å². The molecule has 0 fully saturated rings. The first kappa shape index (κ1) is 14.3. The smallest absolute Gasteiger partial charge is 0.226 e. The first-order chi connectivity index (χ1) is 9.58. The van der Waals surface area contributed by atoms with Crippen LogP contribution in [0.25, 0.3) is 11.5 Å². The van der Waals surface area contributed by atoms with E-state index in [0.717, 1.165) is 5.56 Å². The minimum Gasteiger partial charge on any atom is -0.444 e. The third-order valence-corrected chi connectivity index (χ3v) is 3.22. The Labute approximate surface area is 118 Å². The standard InChI is InChI=1S/C15H19N3O2/c1-10(11(2)16)14(19)17-8-13-9-20-15(18-13)12-6-4-3-5-7-12/h3-7,9-11H,8,16H2,1-2H3,(H,17,19). The van der Waals surface area contributed by atoms with E-state index in [1.54, 1.807) is 13.2 Å². The highest BCUT2D eigenvalue weighted by Crippen LogP contribution is 2.17. The lowest BCUT2D eigenvalue weighted by Gasteiger charge is -2.14. The topological polar surface area (TPSA) is 81.2 Å². The average Bonchev–Trinajstić information content (AvgIpc) is 2.93. The molecule has 20 heavy (non-hydrogen) atoms. The number of hydrogen-bond acceptors (Lipinski definition) is 4. The third kappa shape index (κ3) is 3.45. The van der Waals surface area contributed by atoms with Gasteiger partial charge >= 0.3 is 0 Å². The Morgan fingerprint density at radius 3 is 2.70 bits per heavy atom. The van der Waals surface area contributed by atoms with Crippen molar-refractivity contribution in [1.82, 2.24) is 10.3 Å². The molecule has 0 aliphatic carbocycles. The van der Waals surface area contributed by atoms with E-state index in [0.29, 0.717) is 18.1 Å². The Morgan fingerprint density at radius 1 is 1.35 bits per heavy atom. The number of carbonyl (C=O) groups is 1. The van der Waals surface area contributed by atoms with Crippen molar-refractivity contribution < 1.29 is 9.21 Å². The zero-order chi connectivity index (χ0) is 14.5. The molecule has 0 saturated heterocycles. The summed E-state index contributed by atoms with van der Waals surface area (Å²) in [6, 6.07) is 9.45. The predicted octanol–water partition coefficient (Wildman–Crippen LogP) is 1.94. The fraction of sp³-hybridized carbons (Fsp3) is 0.333. The molecule has 5 nitrogen and oxygen atoms in total. The molecule has 1 aromatic heterocycles. The summed E-state index contributed by atoms with van der Waals surface area (Å²) < 4.78 is 5.40. The van der Waals surface area contributed by atoms with Crippen LogP contribution in [0.3, 0.4) is 0 Å². The summed E-state index contributed by atoms with van der Waals surface area (Å²) in [4.78, 5) is 16.1. The summed E-state index contributed by atoms with van der Waals surface area (Å²) in [5.74, 6) is 0.245. The fourth-order valence-corrected chi connectivity index (χ4v) is 1.68. The summed E-state index contributed by atoms with van der Waals surface area (Å²) >= 11 is 0. The molecule has 2 atom stereocenters. The number of nitrogens with two attached hydrogens (primary N) is 1. The molecular weight excluding hydrogens is 254 g/mol. The van der Waals surface area contributed by atoms with Crippen LogP contribution in [0.15, 0.2) is 41.0 Å². The molecule has 0 saturated carbocycles. The van der Waals surface area contributed by atoms with Crippen LogP contribution >= 0.6 is 0 Å². The van der Waals surface area contributed by atoms with Gasteiger partial charge in [-0.25, -0.2) is 4.98 Å². The number of nitrogens with one attached hydrogen (secondary N) is 1. The second-order valence-electron chi connectivity index (χ2n) is 4.88. The normalized spacial score (nSPS) is 13.8. The van der Waals surface area contributed by atoms with E-state index in [-0.39, 0.29) is 17.9 Å². The van der Waals surface area contributed by atoms with Gasteiger partial charge in [-0.15, -0.1) is 0 Å². The maximum atomic E-state index is 11.8. The number of rotatable bonds is 5. The van der Waals surface area contributed by atoms with Crippen molar-refractivity contribution in [2.75, 3.05) is 0 Å². The van der Waals surface area contributed by atoms with Gasteiger partial charge in [-0.05, 0) is 19.1 Å². The predicted molar refractivity (Wildman–Crippen MR) is 76.6 cm³/mol. The van der Waals surface area contributed by atoms with Crippen LogP contribution in [0.4, 0.5) is 0 Å². The van der Waals surface area contributed by atoms with Gasteiger partial charge in [0, 0.05) is 17.5 Å². The van der Waals surface area contributed by atoms with E-state index < -0.39 is 0 Å². The lowest BCUT2D eigenvalue weighted by molar-refractivity contribution is -0.125. The molecule has 1 amide bonds. The second-order valence-corrected chi connectivity index (χ2v) is 4.88. The monoisotopic (exact) mass is 273 g/mol. The van der Waals surface area contributed by atoms with E-state index in [4.69, 9.17) is 10.2 Å². The van der Waals surface area contributed by atoms with Gasteiger partial charge in [-0.3, -0.25) is 4.79 Å². The molecule has 3 N–H and O–H groups in total. The molecule has 0 aliphatic rings. The van der Waals surface area contributed by atoms with Crippen molar-refractivity contribution in [3.63, 3.8) is 0 Å². The fourth-order valence-electron chi connectivity index (χ4n) is 1.68. The Hall–Kier alpha value is -2.14. The van der Waals surface area contributed by atoms with Gasteiger partial charge in [0.25, 0.3) is 0 Å². The van der Waals surface area contributed by atoms with Crippen LogP contribution in [0.1, 0.15) is 19.5 Å². The van der Waals surface area contributed by atoms with E-state index >= 15 is 0 Å². The number of hydrogen-bond donors (Lipinski definition) is 2. The van der Waals surface area contributed by atoms with Gasteiger partial charge < -0.3 is 15.5 Å². The Bertz CT molecular complexity index is 564. The molecule has 0 radical (unpaired) electrons. The average molecular weight is 273 g/mol. The summed E-state index contributed by atoms with van der Waals surface area (Å²) in [5.41, 5.74) is 7.29. The molecule has 5 heteroatoms. The number of benzene rings is 1. The van der Waals surface area contributed by atoms with Crippen molar-refractivity contribution in [1.29, 1.82) is 0 Å². The maximum absolute atomic E-state index is 11.8. The molecule has 0 bridgehead atoms. The van der Waals surface area contributed by atoms with Crippen LogP contribution in [-0.4, -0.2) is 16.9 Å². The van der Waals surface area contributed by atoms with E-state index in [2.05, 4.69) is 10.3 Å². The van der Waals surface area contributed by atoms with Crippen molar-refractivity contribution >= 4 is 5.91 Å². The lowest BCUT2D eigenvalue weighted by atomic mass is 10.0. The molecule has 1 aromatic carbocycles. The number of nitrogens with zero attached hydrogens (tertiary/aromatic N) is 1. The van der Waals surface area contributed by atoms with E-state index in [9.17, 15) is 4.79 Å². The van der Waals surface area contributed by atoms with Crippen LogP contribution in [0, 0.1) is 5.92 Å². The summed E-state index contributed by atoms with van der Waals surface area (Å²) in [5, 5.41) is 2.80. The third-order valence-electron chi connectivity index (χ3n) is 3.22. The number of amides is 1. The number of oxazole rings is 1. The zero-order valence-electron chi connectivity index (χ0n) is 11.7. The van der Waals surface area contributed by atoms with Crippen LogP contribution in [-0.2, 0) is 11.3 Å². The van der Waals surface area contributed by atoms with Crippen molar-refractivity contribution in [3.8, 4) is 11.5 Å². The molecule has 1 heterocycles. The molecule has 2 unspecified atom stereocenters. The SMILES string of the molecule is CC(N)C(C)C(=O)NCc1coc(-c2ccccc2)n1. The highest BCUT2D eigenvalue weighted by atomic mass is 16.3. The molecule has 106 valence electrons. The van der Waals surface area contributed by atoms with Gasteiger partial charge in [0.05, 0.1) is 12.2 Å². The lowest BCUT2D eigenvalue weighted by Crippen LogP contribution is -2.38. The number of aromatic nitrogens is 1.